The fourth-order valence-electron chi connectivity index (χ4n) is 1.73. The lowest BCUT2D eigenvalue weighted by atomic mass is 10.1. The molecule has 1 aromatic carbocycles. The molecule has 0 saturated carbocycles. The zero-order valence-corrected chi connectivity index (χ0v) is 13.6. The molecule has 0 aliphatic heterocycles. The number of nitrogens with zero attached hydrogens (tertiary/aromatic N) is 1. The fourth-order valence-corrected chi connectivity index (χ4v) is 3.01. The summed E-state index contributed by atoms with van der Waals surface area (Å²) >= 11 is 6.66. The molecule has 0 radical (unpaired) electrons. The smallest absolute Gasteiger partial charge is 0.143 e. The second-order valence-electron chi connectivity index (χ2n) is 4.27. The van der Waals surface area contributed by atoms with E-state index in [9.17, 15) is 5.11 Å². The van der Waals surface area contributed by atoms with Gasteiger partial charge in [-0.25, -0.2) is 0 Å². The molecule has 19 heavy (non-hydrogen) atoms. The number of nitrogens with one attached hydrogen (secondary N) is 1. The van der Waals surface area contributed by atoms with Crippen LogP contribution in [-0.2, 0) is 6.54 Å². The Morgan fingerprint density at radius 1 is 1.26 bits per heavy atom. The second-order valence-corrected chi connectivity index (χ2v) is 5.97. The van der Waals surface area contributed by atoms with Crippen LogP contribution in [0.5, 0.6) is 5.75 Å². The maximum Gasteiger partial charge on any atom is 0.143 e. The van der Waals surface area contributed by atoms with Crippen LogP contribution < -0.4 is 5.32 Å². The largest absolute Gasteiger partial charge is 0.506 e. The minimum Gasteiger partial charge on any atom is -0.506 e. The molecular formula is C14H14Br2N2O. The number of rotatable bonds is 4. The van der Waals surface area contributed by atoms with Gasteiger partial charge in [-0.3, -0.25) is 4.98 Å². The lowest BCUT2D eigenvalue weighted by Crippen LogP contribution is -2.18. The number of phenols is 1. The van der Waals surface area contributed by atoms with E-state index in [4.69, 9.17) is 0 Å². The topological polar surface area (TPSA) is 45.1 Å². The molecule has 0 saturated heterocycles. The molecule has 0 unspecified atom stereocenters. The van der Waals surface area contributed by atoms with Crippen LogP contribution in [0.25, 0.3) is 0 Å². The Labute approximate surface area is 129 Å². The van der Waals surface area contributed by atoms with Crippen molar-refractivity contribution in [2.45, 2.75) is 19.5 Å². The third kappa shape index (κ3) is 3.78. The monoisotopic (exact) mass is 384 g/mol. The lowest BCUT2D eigenvalue weighted by molar-refractivity contribution is 0.467. The molecule has 1 atom stereocenters. The Morgan fingerprint density at radius 2 is 1.95 bits per heavy atom. The summed E-state index contributed by atoms with van der Waals surface area (Å²) in [6.45, 7) is 2.78. The van der Waals surface area contributed by atoms with Crippen molar-refractivity contribution >= 4 is 31.9 Å². The van der Waals surface area contributed by atoms with E-state index in [-0.39, 0.29) is 11.8 Å². The van der Waals surface area contributed by atoms with Gasteiger partial charge < -0.3 is 10.4 Å². The summed E-state index contributed by atoms with van der Waals surface area (Å²) in [7, 11) is 0. The van der Waals surface area contributed by atoms with Gasteiger partial charge in [-0.2, -0.15) is 0 Å². The predicted octanol–water partition coefficient (Wildman–Crippen LogP) is 4.16. The van der Waals surface area contributed by atoms with Crippen LogP contribution in [0.15, 0.2) is 45.5 Å². The van der Waals surface area contributed by atoms with Crippen LogP contribution in [-0.4, -0.2) is 10.1 Å². The van der Waals surface area contributed by atoms with Crippen molar-refractivity contribution in [1.82, 2.24) is 10.3 Å². The summed E-state index contributed by atoms with van der Waals surface area (Å²) in [4.78, 5) is 4.32. The Morgan fingerprint density at radius 3 is 2.53 bits per heavy atom. The van der Waals surface area contributed by atoms with E-state index in [2.05, 4.69) is 49.1 Å². The molecule has 2 N–H and O–H groups in total. The van der Waals surface area contributed by atoms with E-state index in [1.165, 1.54) is 0 Å². The van der Waals surface area contributed by atoms with Crippen LogP contribution in [0, 0.1) is 0 Å². The van der Waals surface area contributed by atoms with Gasteiger partial charge in [0.2, 0.25) is 0 Å². The third-order valence-corrected chi connectivity index (χ3v) is 4.03. The van der Waals surface area contributed by atoms with E-state index in [0.29, 0.717) is 15.5 Å². The average molecular weight is 386 g/mol. The number of benzene rings is 1. The Balaban J connectivity index is 2.03. The van der Waals surface area contributed by atoms with Gasteiger partial charge in [0.15, 0.2) is 0 Å². The van der Waals surface area contributed by atoms with Gasteiger partial charge in [-0.15, -0.1) is 0 Å². The van der Waals surface area contributed by atoms with E-state index < -0.39 is 0 Å². The molecule has 3 nitrogen and oxygen atoms in total. The second kappa shape index (κ2) is 6.50. The zero-order chi connectivity index (χ0) is 13.8. The molecule has 5 heteroatoms. The van der Waals surface area contributed by atoms with Crippen molar-refractivity contribution in [3.63, 3.8) is 0 Å². The molecule has 2 rings (SSSR count). The maximum atomic E-state index is 9.66. The summed E-state index contributed by atoms with van der Waals surface area (Å²) in [5, 5.41) is 13.1. The molecule has 100 valence electrons. The van der Waals surface area contributed by atoms with Crippen molar-refractivity contribution in [3.8, 4) is 5.75 Å². The third-order valence-electron chi connectivity index (χ3n) is 2.82. The average Bonchev–Trinajstić information content (AvgIpc) is 2.43. The first-order valence-corrected chi connectivity index (χ1v) is 7.47. The number of hydrogen-bond acceptors (Lipinski definition) is 3. The van der Waals surface area contributed by atoms with Gasteiger partial charge in [0.05, 0.1) is 14.6 Å². The van der Waals surface area contributed by atoms with Gasteiger partial charge in [0.25, 0.3) is 0 Å². The van der Waals surface area contributed by atoms with Crippen LogP contribution in [0.2, 0.25) is 0 Å². The Bertz CT molecular complexity index is 538. The molecule has 0 aliphatic rings. The molecule has 0 amide bonds. The van der Waals surface area contributed by atoms with Crippen LogP contribution in [0.1, 0.15) is 24.2 Å². The highest BCUT2D eigenvalue weighted by Crippen LogP contribution is 2.33. The molecule has 1 aromatic heterocycles. The molecule has 2 aromatic rings. The normalized spacial score (nSPS) is 12.4. The lowest BCUT2D eigenvalue weighted by Gasteiger charge is -2.14. The fraction of sp³-hybridized carbons (Fsp3) is 0.214. The van der Waals surface area contributed by atoms with Gasteiger partial charge >= 0.3 is 0 Å². The van der Waals surface area contributed by atoms with Crippen molar-refractivity contribution in [1.29, 1.82) is 0 Å². The highest BCUT2D eigenvalue weighted by atomic mass is 79.9. The summed E-state index contributed by atoms with van der Waals surface area (Å²) < 4.78 is 1.37. The predicted molar refractivity (Wildman–Crippen MR) is 83.0 cm³/mol. The number of aromatic nitrogens is 1. The standard InChI is InChI=1S/C14H14Br2N2O/c1-9(13-4-2-3-5-17-13)18-8-10-6-11(15)14(19)12(16)7-10/h2-7,9,18-19H,8H2,1H3/t9-/m1/s1. The first-order valence-electron chi connectivity index (χ1n) is 5.89. The Kier molecular flexibility index (Phi) is 4.96. The van der Waals surface area contributed by atoms with E-state index >= 15 is 0 Å². The van der Waals surface area contributed by atoms with Crippen LogP contribution in [0.3, 0.4) is 0 Å². The number of pyridine rings is 1. The zero-order valence-electron chi connectivity index (χ0n) is 10.4. The summed E-state index contributed by atoms with van der Waals surface area (Å²) in [6.07, 6.45) is 1.79. The van der Waals surface area contributed by atoms with E-state index in [0.717, 1.165) is 11.3 Å². The Hall–Kier alpha value is -0.910. The first kappa shape index (κ1) is 14.5. The van der Waals surface area contributed by atoms with Crippen LogP contribution in [0.4, 0.5) is 0 Å². The maximum absolute atomic E-state index is 9.66. The van der Waals surface area contributed by atoms with Crippen molar-refractivity contribution in [2.24, 2.45) is 0 Å². The number of aromatic hydroxyl groups is 1. The minimum atomic E-state index is 0.174. The number of hydrogen-bond donors (Lipinski definition) is 2. The number of halogens is 2. The molecule has 0 spiro atoms. The molecular weight excluding hydrogens is 372 g/mol. The first-order chi connectivity index (χ1) is 9.08. The SMILES string of the molecule is C[C@@H](NCc1cc(Br)c(O)c(Br)c1)c1ccccn1. The van der Waals surface area contributed by atoms with Crippen molar-refractivity contribution < 1.29 is 5.11 Å². The highest BCUT2D eigenvalue weighted by molar-refractivity contribution is 9.11. The van der Waals surface area contributed by atoms with E-state index in [1.807, 2.05) is 30.3 Å². The molecule has 0 bridgehead atoms. The van der Waals surface area contributed by atoms with Gasteiger partial charge in [-0.05, 0) is 68.6 Å². The highest BCUT2D eigenvalue weighted by Gasteiger charge is 2.08. The molecule has 0 fully saturated rings. The minimum absolute atomic E-state index is 0.174. The quantitative estimate of drug-likeness (QED) is 0.830. The van der Waals surface area contributed by atoms with Crippen molar-refractivity contribution in [3.05, 3.63) is 56.7 Å². The van der Waals surface area contributed by atoms with Gasteiger partial charge in [0.1, 0.15) is 5.75 Å². The van der Waals surface area contributed by atoms with Gasteiger partial charge in [0, 0.05) is 18.8 Å². The van der Waals surface area contributed by atoms with E-state index in [1.54, 1.807) is 6.20 Å². The van der Waals surface area contributed by atoms with Crippen LogP contribution >= 0.6 is 31.9 Å². The van der Waals surface area contributed by atoms with Gasteiger partial charge in [-0.1, -0.05) is 6.07 Å². The van der Waals surface area contributed by atoms with Crippen molar-refractivity contribution in [2.75, 3.05) is 0 Å². The summed E-state index contributed by atoms with van der Waals surface area (Å²) in [5.41, 5.74) is 2.10. The molecule has 1 heterocycles. The number of phenolic OH excluding ortho intramolecular Hbond substituents is 1. The summed E-state index contributed by atoms with van der Waals surface area (Å²) in [6, 6.07) is 9.86. The molecule has 0 aliphatic carbocycles. The summed E-state index contributed by atoms with van der Waals surface area (Å²) in [5.74, 6) is 0.224.